The van der Waals surface area contributed by atoms with Gasteiger partial charge in [0, 0.05) is 13.1 Å². The van der Waals surface area contributed by atoms with E-state index in [-0.39, 0.29) is 11.1 Å². The molecule has 2 heterocycles. The first-order valence-corrected chi connectivity index (χ1v) is 6.49. The average molecular weight is 294 g/mol. The number of amides is 1. The van der Waals surface area contributed by atoms with Gasteiger partial charge in [-0.05, 0) is 20.8 Å². The van der Waals surface area contributed by atoms with E-state index >= 15 is 0 Å². The summed E-state index contributed by atoms with van der Waals surface area (Å²) in [6, 6.07) is 0. The van der Waals surface area contributed by atoms with Crippen LogP contribution in [0.3, 0.4) is 0 Å². The van der Waals surface area contributed by atoms with Crippen molar-refractivity contribution in [2.45, 2.75) is 26.4 Å². The smallest absolute Gasteiger partial charge is 0.407 e. The van der Waals surface area contributed by atoms with Crippen molar-refractivity contribution in [2.75, 3.05) is 18.4 Å². The molecule has 2 aromatic rings. The van der Waals surface area contributed by atoms with Crippen molar-refractivity contribution in [3.05, 3.63) is 16.7 Å². The van der Waals surface area contributed by atoms with Gasteiger partial charge in [-0.15, -0.1) is 0 Å². The van der Waals surface area contributed by atoms with Gasteiger partial charge in [0.1, 0.15) is 5.60 Å². The quantitative estimate of drug-likeness (QED) is 0.611. The van der Waals surface area contributed by atoms with Crippen LogP contribution in [0.4, 0.5) is 10.7 Å². The largest absolute Gasteiger partial charge is 0.444 e. The van der Waals surface area contributed by atoms with Crippen molar-refractivity contribution in [1.82, 2.24) is 25.3 Å². The van der Waals surface area contributed by atoms with Gasteiger partial charge < -0.3 is 20.4 Å². The van der Waals surface area contributed by atoms with E-state index in [1.165, 1.54) is 6.33 Å². The molecule has 1 amide bonds. The minimum Gasteiger partial charge on any atom is -0.444 e. The number of carbonyl (C=O) groups excluding carboxylic acids is 1. The van der Waals surface area contributed by atoms with Crippen LogP contribution in [0, 0.1) is 0 Å². The molecule has 0 fully saturated rings. The maximum absolute atomic E-state index is 11.7. The predicted molar refractivity (Wildman–Crippen MR) is 77.2 cm³/mol. The van der Waals surface area contributed by atoms with E-state index in [0.717, 1.165) is 0 Å². The lowest BCUT2D eigenvalue weighted by atomic mass is 10.2. The molecule has 21 heavy (non-hydrogen) atoms. The van der Waals surface area contributed by atoms with Crippen molar-refractivity contribution in [3.63, 3.8) is 0 Å². The van der Waals surface area contributed by atoms with Crippen LogP contribution in [-0.4, -0.2) is 44.7 Å². The Hall–Kier alpha value is -2.58. The van der Waals surface area contributed by atoms with Crippen LogP contribution in [0.2, 0.25) is 0 Å². The molecule has 2 aromatic heterocycles. The molecule has 0 aromatic carbocycles. The molecule has 4 N–H and O–H groups in total. The fraction of sp³-hybridized carbons (Fsp3) is 0.500. The number of hydrogen-bond donors (Lipinski definition) is 4. The Labute approximate surface area is 120 Å². The normalized spacial score (nSPS) is 11.4. The second kappa shape index (κ2) is 5.81. The van der Waals surface area contributed by atoms with E-state index in [0.29, 0.717) is 24.7 Å². The number of alkyl carbamates (subject to hydrolysis) is 1. The molecule has 9 heteroatoms. The number of anilines is 1. The highest BCUT2D eigenvalue weighted by atomic mass is 16.6. The molecular formula is C12H18N6O3. The number of ether oxygens (including phenoxy) is 1. The van der Waals surface area contributed by atoms with Crippen LogP contribution in [0.5, 0.6) is 0 Å². The van der Waals surface area contributed by atoms with Gasteiger partial charge in [-0.2, -0.15) is 4.98 Å². The van der Waals surface area contributed by atoms with Gasteiger partial charge in [0.25, 0.3) is 5.56 Å². The van der Waals surface area contributed by atoms with E-state index in [1.54, 1.807) is 20.8 Å². The van der Waals surface area contributed by atoms with Crippen molar-refractivity contribution in [1.29, 1.82) is 0 Å². The van der Waals surface area contributed by atoms with E-state index in [9.17, 15) is 9.59 Å². The summed E-state index contributed by atoms with van der Waals surface area (Å²) in [5.41, 5.74) is -0.201. The maximum Gasteiger partial charge on any atom is 0.407 e. The van der Waals surface area contributed by atoms with Crippen LogP contribution in [0.25, 0.3) is 11.2 Å². The van der Waals surface area contributed by atoms with Crippen LogP contribution >= 0.6 is 0 Å². The van der Waals surface area contributed by atoms with Crippen LogP contribution in [0.1, 0.15) is 20.8 Å². The van der Waals surface area contributed by atoms with E-state index in [1.807, 2.05) is 0 Å². The molecule has 0 saturated carbocycles. The third-order valence-corrected chi connectivity index (χ3v) is 2.38. The molecule has 9 nitrogen and oxygen atoms in total. The number of aromatic amines is 2. The van der Waals surface area contributed by atoms with Gasteiger partial charge in [-0.3, -0.25) is 9.78 Å². The van der Waals surface area contributed by atoms with Gasteiger partial charge in [-0.25, -0.2) is 9.78 Å². The highest BCUT2D eigenvalue weighted by molar-refractivity contribution is 5.69. The van der Waals surface area contributed by atoms with Crippen molar-refractivity contribution >= 4 is 23.2 Å². The van der Waals surface area contributed by atoms with Crippen LogP contribution in [0.15, 0.2) is 11.1 Å². The van der Waals surface area contributed by atoms with E-state index < -0.39 is 11.7 Å². The molecule has 0 unspecified atom stereocenters. The third-order valence-electron chi connectivity index (χ3n) is 2.38. The maximum atomic E-state index is 11.7. The zero-order valence-corrected chi connectivity index (χ0v) is 12.1. The molecule has 0 atom stereocenters. The third kappa shape index (κ3) is 4.20. The summed E-state index contributed by atoms with van der Waals surface area (Å²) in [7, 11) is 0. The standard InChI is InChI=1S/C12H18N6O3/c1-12(2,3)21-11(20)14-5-4-13-10-17-8-7(9(19)18-10)15-6-16-8/h6H,4-5H2,1-3H3,(H,14,20)(H3,13,15,16,17,18,19). The number of nitrogens with one attached hydrogen (secondary N) is 4. The Kier molecular flexibility index (Phi) is 4.10. The first kappa shape index (κ1) is 14.8. The zero-order chi connectivity index (χ0) is 15.5. The van der Waals surface area contributed by atoms with E-state index in [2.05, 4.69) is 30.6 Å². The lowest BCUT2D eigenvalue weighted by Crippen LogP contribution is -2.35. The summed E-state index contributed by atoms with van der Waals surface area (Å²) in [6.07, 6.45) is 0.913. The number of rotatable bonds is 4. The van der Waals surface area contributed by atoms with Crippen LogP contribution < -0.4 is 16.2 Å². The summed E-state index contributed by atoms with van der Waals surface area (Å²) in [6.45, 7) is 6.10. The number of H-pyrrole nitrogens is 2. The van der Waals surface area contributed by atoms with Crippen LogP contribution in [-0.2, 0) is 4.74 Å². The molecule has 0 aliphatic rings. The Bertz CT molecular complexity index is 684. The number of imidazole rings is 1. The van der Waals surface area contributed by atoms with E-state index in [4.69, 9.17) is 4.74 Å². The molecule has 114 valence electrons. The zero-order valence-electron chi connectivity index (χ0n) is 12.1. The van der Waals surface area contributed by atoms with Gasteiger partial charge >= 0.3 is 6.09 Å². The molecule has 0 spiro atoms. The molecule has 0 bridgehead atoms. The summed E-state index contributed by atoms with van der Waals surface area (Å²) in [5.74, 6) is 0.308. The predicted octanol–water partition coefficient (Wildman–Crippen LogP) is 0.583. The lowest BCUT2D eigenvalue weighted by Gasteiger charge is -2.19. The summed E-state index contributed by atoms with van der Waals surface area (Å²) in [4.78, 5) is 36.4. The number of fused-ring (bicyclic) bond motifs is 1. The molecule has 0 saturated heterocycles. The monoisotopic (exact) mass is 294 g/mol. The Morgan fingerprint density at radius 1 is 1.38 bits per heavy atom. The topological polar surface area (TPSA) is 125 Å². The first-order chi connectivity index (χ1) is 9.85. The molecule has 0 radical (unpaired) electrons. The summed E-state index contributed by atoms with van der Waals surface area (Å²) in [5, 5.41) is 5.49. The Balaban J connectivity index is 1.83. The van der Waals surface area contributed by atoms with Crippen molar-refractivity contribution in [3.8, 4) is 0 Å². The highest BCUT2D eigenvalue weighted by Gasteiger charge is 2.15. The number of aromatic nitrogens is 4. The number of carbonyl (C=O) groups is 1. The fourth-order valence-electron chi connectivity index (χ4n) is 1.59. The highest BCUT2D eigenvalue weighted by Crippen LogP contribution is 2.06. The first-order valence-electron chi connectivity index (χ1n) is 6.49. The van der Waals surface area contributed by atoms with Gasteiger partial charge in [0.15, 0.2) is 11.2 Å². The van der Waals surface area contributed by atoms with Crippen molar-refractivity contribution < 1.29 is 9.53 Å². The Morgan fingerprint density at radius 2 is 2.14 bits per heavy atom. The van der Waals surface area contributed by atoms with Gasteiger partial charge in [-0.1, -0.05) is 0 Å². The molecule has 0 aliphatic heterocycles. The molecule has 0 aliphatic carbocycles. The number of nitrogens with zero attached hydrogens (tertiary/aromatic N) is 2. The molecular weight excluding hydrogens is 276 g/mol. The van der Waals surface area contributed by atoms with Gasteiger partial charge in [0.05, 0.1) is 6.33 Å². The molecule has 2 rings (SSSR count). The summed E-state index contributed by atoms with van der Waals surface area (Å²) < 4.78 is 5.09. The second-order valence-electron chi connectivity index (χ2n) is 5.37. The fourth-order valence-corrected chi connectivity index (χ4v) is 1.59. The van der Waals surface area contributed by atoms with Gasteiger partial charge in [0.2, 0.25) is 5.95 Å². The number of hydrogen-bond acceptors (Lipinski definition) is 6. The SMILES string of the molecule is CC(C)(C)OC(=O)NCCNc1nc2[nH]cnc2c(=O)[nH]1. The minimum absolute atomic E-state index is 0.257. The summed E-state index contributed by atoms with van der Waals surface area (Å²) >= 11 is 0. The second-order valence-corrected chi connectivity index (χ2v) is 5.37. The van der Waals surface area contributed by atoms with Crippen molar-refractivity contribution in [2.24, 2.45) is 0 Å². The lowest BCUT2D eigenvalue weighted by molar-refractivity contribution is 0.0530. The average Bonchev–Trinajstić information content (AvgIpc) is 2.81. The minimum atomic E-state index is -0.532. The Morgan fingerprint density at radius 3 is 2.86 bits per heavy atom.